The lowest BCUT2D eigenvalue weighted by Crippen LogP contribution is -2.47. The minimum Gasteiger partial charge on any atom is -0.338 e. The summed E-state index contributed by atoms with van der Waals surface area (Å²) in [4.78, 5) is 19.4. The lowest BCUT2D eigenvalue weighted by Gasteiger charge is -2.35. The molecule has 116 valence electrons. The fraction of sp³-hybridized carbons (Fsp3) is 0.750. The molecule has 2 aliphatic heterocycles. The van der Waals surface area contributed by atoms with E-state index in [1.54, 1.807) is 6.20 Å². The molecule has 1 unspecified atom stereocenters. The summed E-state index contributed by atoms with van der Waals surface area (Å²) in [5.41, 5.74) is 0. The summed E-state index contributed by atoms with van der Waals surface area (Å²) < 4.78 is 2.01. The van der Waals surface area contributed by atoms with Crippen LogP contribution in [0.25, 0.3) is 0 Å². The first-order valence-electron chi connectivity index (χ1n) is 8.21. The molecule has 0 bridgehead atoms. The van der Waals surface area contributed by atoms with Gasteiger partial charge in [-0.3, -0.25) is 9.69 Å². The van der Waals surface area contributed by atoms with Gasteiger partial charge in [0.2, 0.25) is 0 Å². The second-order valence-corrected chi connectivity index (χ2v) is 6.30. The van der Waals surface area contributed by atoms with Gasteiger partial charge in [-0.05, 0) is 45.3 Å². The van der Waals surface area contributed by atoms with Crippen LogP contribution in [0.1, 0.15) is 37.9 Å². The van der Waals surface area contributed by atoms with Gasteiger partial charge in [-0.2, -0.15) is 0 Å². The van der Waals surface area contributed by atoms with Gasteiger partial charge in [0, 0.05) is 38.3 Å². The largest absolute Gasteiger partial charge is 0.338 e. The highest BCUT2D eigenvalue weighted by Gasteiger charge is 2.35. The van der Waals surface area contributed by atoms with E-state index in [0.717, 1.165) is 38.3 Å². The maximum Gasteiger partial charge on any atom is 0.150 e. The molecule has 0 aromatic carbocycles. The molecule has 2 aliphatic rings. The third kappa shape index (κ3) is 3.35. The molecular weight excluding hydrogens is 264 g/mol. The number of imidazole rings is 1. The van der Waals surface area contributed by atoms with Crippen molar-refractivity contribution in [1.82, 2.24) is 19.8 Å². The molecule has 21 heavy (non-hydrogen) atoms. The zero-order chi connectivity index (χ0) is 14.7. The van der Waals surface area contributed by atoms with Crippen LogP contribution in [0.2, 0.25) is 0 Å². The van der Waals surface area contributed by atoms with E-state index < -0.39 is 0 Å². The molecule has 5 heteroatoms. The Hall–Kier alpha value is -1.20. The van der Waals surface area contributed by atoms with Gasteiger partial charge >= 0.3 is 0 Å². The number of Topliss-reactive ketones (excluding diaryl/α,β-unsaturated/α-hetero) is 1. The van der Waals surface area contributed by atoms with Crippen molar-refractivity contribution in [3.63, 3.8) is 0 Å². The first-order valence-corrected chi connectivity index (χ1v) is 8.21. The molecule has 2 saturated heterocycles. The Morgan fingerprint density at radius 2 is 2.19 bits per heavy atom. The molecule has 3 heterocycles. The Morgan fingerprint density at radius 1 is 1.38 bits per heavy atom. The van der Waals surface area contributed by atoms with E-state index in [1.165, 1.54) is 19.3 Å². The number of likely N-dealkylation sites (tertiary alicyclic amines) is 1. The van der Waals surface area contributed by atoms with E-state index in [0.29, 0.717) is 18.2 Å². The van der Waals surface area contributed by atoms with Gasteiger partial charge in [0.05, 0.1) is 6.04 Å². The number of piperidine rings is 1. The van der Waals surface area contributed by atoms with Gasteiger partial charge in [0.25, 0.3) is 0 Å². The number of rotatable bonds is 5. The zero-order valence-electron chi connectivity index (χ0n) is 12.9. The Balaban J connectivity index is 1.56. The minimum absolute atomic E-state index is 0.161. The van der Waals surface area contributed by atoms with Crippen molar-refractivity contribution in [3.05, 3.63) is 18.2 Å². The van der Waals surface area contributed by atoms with Crippen molar-refractivity contribution in [2.45, 2.75) is 50.6 Å². The summed E-state index contributed by atoms with van der Waals surface area (Å²) >= 11 is 0. The van der Waals surface area contributed by atoms with Crippen LogP contribution in [-0.4, -0.2) is 52.0 Å². The van der Waals surface area contributed by atoms with Gasteiger partial charge in [-0.15, -0.1) is 0 Å². The second-order valence-electron chi connectivity index (χ2n) is 6.30. The summed E-state index contributed by atoms with van der Waals surface area (Å²) in [6.45, 7) is 3.29. The molecule has 1 N–H and O–H groups in total. The number of hydrogen-bond acceptors (Lipinski definition) is 4. The third-order valence-electron chi connectivity index (χ3n) is 4.96. The van der Waals surface area contributed by atoms with Crippen LogP contribution < -0.4 is 5.32 Å². The summed E-state index contributed by atoms with van der Waals surface area (Å²) in [7, 11) is 1.99. The van der Waals surface area contributed by atoms with Crippen molar-refractivity contribution in [3.8, 4) is 0 Å². The number of nitrogens with zero attached hydrogens (tertiary/aromatic N) is 3. The normalized spacial score (nSPS) is 24.5. The van der Waals surface area contributed by atoms with E-state index in [4.69, 9.17) is 0 Å². The van der Waals surface area contributed by atoms with E-state index in [2.05, 4.69) is 15.2 Å². The predicted octanol–water partition coefficient (Wildman–Crippen LogP) is 1.14. The highest BCUT2D eigenvalue weighted by molar-refractivity contribution is 5.84. The standard InChI is InChI=1S/C16H26N4O/c1-19-12-10-18-16(19)5-4-15(21)14-3-2-11-20(14)13-6-8-17-9-7-13/h10,12-14,17H,2-9,11H2,1H3. The molecule has 0 saturated carbocycles. The molecule has 0 aliphatic carbocycles. The Bertz CT molecular complexity index is 478. The van der Waals surface area contributed by atoms with Gasteiger partial charge in [0.15, 0.2) is 0 Å². The Kier molecular flexibility index (Phi) is 4.70. The van der Waals surface area contributed by atoms with Crippen LogP contribution in [-0.2, 0) is 18.3 Å². The maximum absolute atomic E-state index is 12.6. The van der Waals surface area contributed by atoms with Crippen LogP contribution in [0.3, 0.4) is 0 Å². The summed E-state index contributed by atoms with van der Waals surface area (Å²) in [6, 6.07) is 0.768. The quantitative estimate of drug-likeness (QED) is 0.883. The van der Waals surface area contributed by atoms with Crippen molar-refractivity contribution in [2.24, 2.45) is 7.05 Å². The number of nitrogens with one attached hydrogen (secondary N) is 1. The van der Waals surface area contributed by atoms with Crippen LogP contribution in [0.4, 0.5) is 0 Å². The molecule has 1 aromatic heterocycles. The third-order valence-corrected chi connectivity index (χ3v) is 4.96. The van der Waals surface area contributed by atoms with Gasteiger partial charge in [0.1, 0.15) is 11.6 Å². The SMILES string of the molecule is Cn1ccnc1CCC(=O)C1CCCN1C1CCNCC1. The topological polar surface area (TPSA) is 50.2 Å². The minimum atomic E-state index is 0.161. The summed E-state index contributed by atoms with van der Waals surface area (Å²) in [5, 5.41) is 3.41. The van der Waals surface area contributed by atoms with Gasteiger partial charge in [-0.25, -0.2) is 4.98 Å². The highest BCUT2D eigenvalue weighted by atomic mass is 16.1. The Labute approximate surface area is 126 Å². The van der Waals surface area contributed by atoms with E-state index in [9.17, 15) is 4.79 Å². The molecule has 1 aromatic rings. The molecule has 3 rings (SSSR count). The van der Waals surface area contributed by atoms with E-state index in [1.807, 2.05) is 17.8 Å². The number of aromatic nitrogens is 2. The number of ketones is 1. The number of carbonyl (C=O) groups excluding carboxylic acids is 1. The molecular formula is C16H26N4O. The van der Waals surface area contributed by atoms with Crippen molar-refractivity contribution in [1.29, 1.82) is 0 Å². The summed E-state index contributed by atoms with van der Waals surface area (Å²) in [5.74, 6) is 1.42. The van der Waals surface area contributed by atoms with Crippen LogP contribution in [0.5, 0.6) is 0 Å². The van der Waals surface area contributed by atoms with E-state index in [-0.39, 0.29) is 6.04 Å². The molecule has 0 amide bonds. The smallest absolute Gasteiger partial charge is 0.150 e. The van der Waals surface area contributed by atoms with Crippen molar-refractivity contribution >= 4 is 5.78 Å². The average molecular weight is 290 g/mol. The molecule has 5 nitrogen and oxygen atoms in total. The second kappa shape index (κ2) is 6.71. The van der Waals surface area contributed by atoms with Crippen LogP contribution >= 0.6 is 0 Å². The Morgan fingerprint density at radius 3 is 2.90 bits per heavy atom. The fourth-order valence-electron chi connectivity index (χ4n) is 3.75. The number of carbonyl (C=O) groups is 1. The van der Waals surface area contributed by atoms with Crippen molar-refractivity contribution in [2.75, 3.05) is 19.6 Å². The fourth-order valence-corrected chi connectivity index (χ4v) is 3.75. The van der Waals surface area contributed by atoms with Gasteiger partial charge < -0.3 is 9.88 Å². The highest BCUT2D eigenvalue weighted by Crippen LogP contribution is 2.26. The zero-order valence-corrected chi connectivity index (χ0v) is 12.9. The maximum atomic E-state index is 12.6. The first-order chi connectivity index (χ1) is 10.3. The van der Waals surface area contributed by atoms with E-state index >= 15 is 0 Å². The first kappa shape index (κ1) is 14.7. The predicted molar refractivity (Wildman–Crippen MR) is 82.2 cm³/mol. The summed E-state index contributed by atoms with van der Waals surface area (Å²) in [6.07, 6.45) is 9.71. The number of aryl methyl sites for hydroxylation is 2. The van der Waals surface area contributed by atoms with Crippen LogP contribution in [0, 0.1) is 0 Å². The number of hydrogen-bond donors (Lipinski definition) is 1. The monoisotopic (exact) mass is 290 g/mol. The molecule has 0 spiro atoms. The molecule has 0 radical (unpaired) electrons. The van der Waals surface area contributed by atoms with Gasteiger partial charge in [-0.1, -0.05) is 0 Å². The van der Waals surface area contributed by atoms with Crippen LogP contribution in [0.15, 0.2) is 12.4 Å². The lowest BCUT2D eigenvalue weighted by atomic mass is 10.00. The van der Waals surface area contributed by atoms with Crippen molar-refractivity contribution < 1.29 is 4.79 Å². The lowest BCUT2D eigenvalue weighted by molar-refractivity contribution is -0.124. The average Bonchev–Trinajstić information content (AvgIpc) is 3.15. The molecule has 1 atom stereocenters. The molecule has 2 fully saturated rings.